The molecule has 0 spiro atoms. The molecule has 1 rings (SSSR count). The number of hydrogen-bond donors (Lipinski definition) is 3. The van der Waals surface area contributed by atoms with E-state index in [4.69, 9.17) is 0 Å². The molecule has 1 aliphatic rings. The molecule has 1 aliphatic heterocycles. The summed E-state index contributed by atoms with van der Waals surface area (Å²) in [6.07, 6.45) is 11.1. The van der Waals surface area contributed by atoms with Crippen molar-refractivity contribution < 1.29 is 8.97 Å². The topological polar surface area (TPSA) is 39.3 Å². The first-order chi connectivity index (χ1) is 14.8. The van der Waals surface area contributed by atoms with Crippen LogP contribution in [-0.4, -0.2) is 128 Å². The smallest absolute Gasteiger partial charge is 0.0782 e. The van der Waals surface area contributed by atoms with Gasteiger partial charge in [-0.3, -0.25) is 0 Å². The van der Waals surface area contributed by atoms with Crippen molar-refractivity contribution >= 4 is 0 Å². The van der Waals surface area contributed by atoms with Crippen LogP contribution in [0.1, 0.15) is 51.4 Å². The van der Waals surface area contributed by atoms with Gasteiger partial charge in [0, 0.05) is 52.4 Å². The van der Waals surface area contributed by atoms with E-state index in [1.807, 2.05) is 0 Å². The molecule has 0 aliphatic carbocycles. The summed E-state index contributed by atoms with van der Waals surface area (Å²) in [5.41, 5.74) is 0. The van der Waals surface area contributed by atoms with Crippen molar-refractivity contribution in [1.82, 2.24) is 20.9 Å². The van der Waals surface area contributed by atoms with Crippen LogP contribution in [0.15, 0.2) is 0 Å². The van der Waals surface area contributed by atoms with Gasteiger partial charge in [0.05, 0.1) is 54.9 Å². The number of unbranched alkanes of at least 4 members (excludes halogenated alkanes) is 6. The van der Waals surface area contributed by atoms with Crippen molar-refractivity contribution in [2.45, 2.75) is 51.4 Å². The predicted molar refractivity (Wildman–Crippen MR) is 137 cm³/mol. The first-order valence-electron chi connectivity index (χ1n) is 13.3. The molecule has 0 atom stereocenters. The SMILES string of the molecule is C[N+](C)(C)CCCCCC[N+](C)(C)CCCCCCN1CCNCCNCCNCC1. The highest BCUT2D eigenvalue weighted by Gasteiger charge is 2.14. The standard InChI is InChI=1S/C25H58N6/c1-30(2,3)23-11-8-9-13-25-31(4,5)24-12-7-6-10-20-29-21-18-27-16-14-26-15-17-28-19-22-29/h26-28H,6-25H2,1-5H3/q+2. The van der Waals surface area contributed by atoms with Gasteiger partial charge in [0.25, 0.3) is 0 Å². The van der Waals surface area contributed by atoms with Gasteiger partial charge in [0.1, 0.15) is 0 Å². The summed E-state index contributed by atoms with van der Waals surface area (Å²) >= 11 is 0. The largest absolute Gasteiger partial charge is 0.331 e. The monoisotopic (exact) mass is 442 g/mol. The third kappa shape index (κ3) is 19.0. The third-order valence-electron chi connectivity index (χ3n) is 6.50. The number of hydrogen-bond acceptors (Lipinski definition) is 4. The molecular weight excluding hydrogens is 384 g/mol. The maximum atomic E-state index is 3.57. The first-order valence-corrected chi connectivity index (χ1v) is 13.3. The molecule has 0 radical (unpaired) electrons. The summed E-state index contributed by atoms with van der Waals surface area (Å²) in [5, 5.41) is 10.6. The second kappa shape index (κ2) is 17.3. The Kier molecular flexibility index (Phi) is 16.0. The average Bonchev–Trinajstić information content (AvgIpc) is 2.68. The van der Waals surface area contributed by atoms with Crippen molar-refractivity contribution in [3.63, 3.8) is 0 Å². The molecule has 3 N–H and O–H groups in total. The molecule has 186 valence electrons. The van der Waals surface area contributed by atoms with Crippen LogP contribution in [0.3, 0.4) is 0 Å². The molecule has 0 aromatic carbocycles. The Morgan fingerprint density at radius 2 is 0.935 bits per heavy atom. The molecule has 31 heavy (non-hydrogen) atoms. The summed E-state index contributed by atoms with van der Waals surface area (Å²) in [7, 11) is 11.8. The van der Waals surface area contributed by atoms with Gasteiger partial charge in [0.2, 0.25) is 0 Å². The van der Waals surface area contributed by atoms with Crippen molar-refractivity contribution in [3.8, 4) is 0 Å². The van der Waals surface area contributed by atoms with E-state index in [2.05, 4.69) is 56.1 Å². The van der Waals surface area contributed by atoms with Crippen LogP contribution in [0.2, 0.25) is 0 Å². The van der Waals surface area contributed by atoms with E-state index in [1.165, 1.54) is 95.1 Å². The van der Waals surface area contributed by atoms with Gasteiger partial charge in [-0.05, 0) is 51.5 Å². The van der Waals surface area contributed by atoms with Gasteiger partial charge < -0.3 is 29.8 Å². The Morgan fingerprint density at radius 1 is 0.516 bits per heavy atom. The van der Waals surface area contributed by atoms with Crippen LogP contribution < -0.4 is 16.0 Å². The normalized spacial score (nSPS) is 18.5. The number of rotatable bonds is 14. The Hall–Kier alpha value is -0.240. The Bertz CT molecular complexity index is 395. The van der Waals surface area contributed by atoms with E-state index < -0.39 is 0 Å². The van der Waals surface area contributed by atoms with E-state index in [0.29, 0.717) is 0 Å². The molecule has 0 aromatic heterocycles. The van der Waals surface area contributed by atoms with Crippen molar-refractivity contribution in [1.29, 1.82) is 0 Å². The highest BCUT2D eigenvalue weighted by molar-refractivity contribution is 4.65. The van der Waals surface area contributed by atoms with Crippen molar-refractivity contribution in [2.24, 2.45) is 0 Å². The van der Waals surface area contributed by atoms with Crippen LogP contribution in [0.25, 0.3) is 0 Å². The third-order valence-corrected chi connectivity index (χ3v) is 6.50. The van der Waals surface area contributed by atoms with E-state index in [-0.39, 0.29) is 0 Å². The van der Waals surface area contributed by atoms with E-state index >= 15 is 0 Å². The fourth-order valence-electron chi connectivity index (χ4n) is 4.36. The lowest BCUT2D eigenvalue weighted by Crippen LogP contribution is -2.42. The molecular formula is C25H58N6+2. The molecule has 1 saturated heterocycles. The summed E-state index contributed by atoms with van der Waals surface area (Å²) < 4.78 is 2.30. The zero-order valence-electron chi connectivity index (χ0n) is 22.0. The lowest BCUT2D eigenvalue weighted by Gasteiger charge is -2.30. The van der Waals surface area contributed by atoms with Crippen LogP contribution in [0.5, 0.6) is 0 Å². The molecule has 6 nitrogen and oxygen atoms in total. The van der Waals surface area contributed by atoms with Gasteiger partial charge in [-0.1, -0.05) is 6.42 Å². The number of nitrogens with zero attached hydrogens (tertiary/aromatic N) is 3. The Labute approximate surface area is 195 Å². The molecule has 6 heteroatoms. The van der Waals surface area contributed by atoms with Gasteiger partial charge in [-0.15, -0.1) is 0 Å². The van der Waals surface area contributed by atoms with Crippen molar-refractivity contribution in [3.05, 3.63) is 0 Å². The fraction of sp³-hybridized carbons (Fsp3) is 1.00. The van der Waals surface area contributed by atoms with Crippen molar-refractivity contribution in [2.75, 3.05) is 114 Å². The predicted octanol–water partition coefficient (Wildman–Crippen LogP) is 1.97. The van der Waals surface area contributed by atoms with Crippen LogP contribution >= 0.6 is 0 Å². The van der Waals surface area contributed by atoms with Crippen LogP contribution in [0.4, 0.5) is 0 Å². The van der Waals surface area contributed by atoms with E-state index in [9.17, 15) is 0 Å². The molecule has 0 bridgehead atoms. The van der Waals surface area contributed by atoms with Gasteiger partial charge in [-0.25, -0.2) is 0 Å². The lowest BCUT2D eigenvalue weighted by molar-refractivity contribution is -0.890. The minimum atomic E-state index is 1.08. The minimum Gasteiger partial charge on any atom is -0.331 e. The number of nitrogens with one attached hydrogen (secondary N) is 3. The van der Waals surface area contributed by atoms with Crippen LogP contribution in [-0.2, 0) is 0 Å². The molecule has 0 unspecified atom stereocenters. The lowest BCUT2D eigenvalue weighted by atomic mass is 10.1. The zero-order valence-corrected chi connectivity index (χ0v) is 22.0. The van der Waals surface area contributed by atoms with Gasteiger partial charge in [-0.2, -0.15) is 0 Å². The second-order valence-corrected chi connectivity index (χ2v) is 11.3. The fourth-order valence-corrected chi connectivity index (χ4v) is 4.36. The maximum Gasteiger partial charge on any atom is 0.0782 e. The summed E-state index contributed by atoms with van der Waals surface area (Å²) in [6, 6.07) is 0. The molecule has 0 aromatic rings. The van der Waals surface area contributed by atoms with Crippen LogP contribution in [0, 0.1) is 0 Å². The summed E-state index contributed by atoms with van der Waals surface area (Å²) in [5.74, 6) is 0. The van der Waals surface area contributed by atoms with E-state index in [1.54, 1.807) is 0 Å². The summed E-state index contributed by atoms with van der Waals surface area (Å²) in [6.45, 7) is 14.1. The number of quaternary nitrogens is 2. The van der Waals surface area contributed by atoms with Gasteiger partial charge in [0.15, 0.2) is 0 Å². The molecule has 1 fully saturated rings. The van der Waals surface area contributed by atoms with Gasteiger partial charge >= 0.3 is 0 Å². The summed E-state index contributed by atoms with van der Waals surface area (Å²) in [4.78, 5) is 2.65. The highest BCUT2D eigenvalue weighted by Crippen LogP contribution is 2.10. The minimum absolute atomic E-state index is 1.08. The quantitative estimate of drug-likeness (QED) is 0.284. The Balaban J connectivity index is 2.04. The first kappa shape index (κ1) is 28.8. The molecule has 0 saturated carbocycles. The zero-order chi connectivity index (χ0) is 22.8. The second-order valence-electron chi connectivity index (χ2n) is 11.3. The molecule has 1 heterocycles. The Morgan fingerprint density at radius 3 is 1.42 bits per heavy atom. The molecule has 0 amide bonds. The van der Waals surface area contributed by atoms with E-state index in [0.717, 1.165) is 43.8 Å². The highest BCUT2D eigenvalue weighted by atomic mass is 15.3. The maximum absolute atomic E-state index is 3.57. The average molecular weight is 443 g/mol.